The fourth-order valence-corrected chi connectivity index (χ4v) is 5.90. The number of aromatic amines is 1. The first-order chi connectivity index (χ1) is 17.4. The molecule has 9 nitrogen and oxygen atoms in total. The van der Waals surface area contributed by atoms with E-state index < -0.39 is 30.5 Å². The van der Waals surface area contributed by atoms with E-state index in [1.54, 1.807) is 0 Å². The van der Waals surface area contributed by atoms with Crippen LogP contribution in [0.2, 0.25) is 0 Å². The molecule has 2 aromatic rings. The molecule has 4 atom stereocenters. The maximum absolute atomic E-state index is 13.6. The fourth-order valence-electron chi connectivity index (χ4n) is 5.90. The van der Waals surface area contributed by atoms with Crippen LogP contribution in [0.3, 0.4) is 0 Å². The van der Waals surface area contributed by atoms with Crippen molar-refractivity contribution in [2.24, 2.45) is 11.8 Å². The molecule has 0 spiro atoms. The normalized spacial score (nSPS) is 26.6. The third kappa shape index (κ3) is 4.54. The van der Waals surface area contributed by atoms with Crippen molar-refractivity contribution in [1.82, 2.24) is 20.2 Å². The highest BCUT2D eigenvalue weighted by Gasteiger charge is 2.52. The van der Waals surface area contributed by atoms with Gasteiger partial charge in [0.05, 0.1) is 29.1 Å². The number of likely N-dealkylation sites (tertiary alicyclic amines) is 1. The standard InChI is InChI=1S/C27H37BN4O5/c1-15(2)21(31-25(34)35)24(33)32-19-12-9-17(13-19)22(32)23-29-14-20(30-23)16-7-10-18(11-8-16)28-36-26(3,4)27(5,6)37-28/h7-8,10-11,14-15,17,19,21-22,31H,9,12-13H2,1-6H3,(H,29,30)(H,34,35). The summed E-state index contributed by atoms with van der Waals surface area (Å²) in [5.41, 5.74) is 2.01. The minimum absolute atomic E-state index is 0.118. The second-order valence-electron chi connectivity index (χ2n) is 12.0. The van der Waals surface area contributed by atoms with Gasteiger partial charge in [0.1, 0.15) is 11.9 Å². The number of carbonyl (C=O) groups excluding carboxylic acids is 1. The third-order valence-corrected chi connectivity index (χ3v) is 8.67. The maximum Gasteiger partial charge on any atom is 0.494 e. The van der Waals surface area contributed by atoms with E-state index in [1.807, 2.05) is 76.9 Å². The number of amides is 2. The average molecular weight is 508 g/mol. The highest BCUT2D eigenvalue weighted by Crippen LogP contribution is 2.50. The SMILES string of the molecule is CC(C)C(NC(=O)O)C(=O)N1C2CCC(C2)C1c1ncc(-c2ccc(B3OC(C)(C)C(C)(C)O3)cc2)[nH]1. The summed E-state index contributed by atoms with van der Waals surface area (Å²) in [6, 6.07) is 7.22. The Labute approximate surface area is 218 Å². The monoisotopic (exact) mass is 508 g/mol. The molecule has 1 saturated carbocycles. The molecule has 2 amide bonds. The number of carbonyl (C=O) groups is 2. The lowest BCUT2D eigenvalue weighted by atomic mass is 9.79. The van der Waals surface area contributed by atoms with Gasteiger partial charge in [-0.2, -0.15) is 0 Å². The van der Waals surface area contributed by atoms with E-state index in [4.69, 9.17) is 14.3 Å². The van der Waals surface area contributed by atoms with Gasteiger partial charge in [-0.1, -0.05) is 38.1 Å². The number of nitrogens with one attached hydrogen (secondary N) is 2. The van der Waals surface area contributed by atoms with Crippen molar-refractivity contribution in [2.45, 2.75) is 90.1 Å². The highest BCUT2D eigenvalue weighted by atomic mass is 16.7. The van der Waals surface area contributed by atoms with Crippen molar-refractivity contribution >= 4 is 24.6 Å². The second-order valence-corrected chi connectivity index (χ2v) is 12.0. The molecule has 1 aromatic heterocycles. The molecular weight excluding hydrogens is 471 g/mol. The van der Waals surface area contributed by atoms with E-state index in [-0.39, 0.29) is 23.9 Å². The van der Waals surface area contributed by atoms with Crippen molar-refractivity contribution < 1.29 is 24.0 Å². The van der Waals surface area contributed by atoms with Gasteiger partial charge in [0.15, 0.2) is 0 Å². The van der Waals surface area contributed by atoms with Gasteiger partial charge < -0.3 is 29.6 Å². The van der Waals surface area contributed by atoms with Gasteiger partial charge in [-0.15, -0.1) is 0 Å². The predicted molar refractivity (Wildman–Crippen MR) is 140 cm³/mol. The second kappa shape index (κ2) is 9.17. The Hall–Kier alpha value is -2.85. The lowest BCUT2D eigenvalue weighted by Gasteiger charge is -2.37. The van der Waals surface area contributed by atoms with Gasteiger partial charge in [0.25, 0.3) is 0 Å². The van der Waals surface area contributed by atoms with Crippen molar-refractivity contribution in [2.75, 3.05) is 0 Å². The largest absolute Gasteiger partial charge is 0.494 e. The zero-order chi connectivity index (χ0) is 26.7. The Kier molecular flexibility index (Phi) is 6.39. The van der Waals surface area contributed by atoms with E-state index in [1.165, 1.54) is 0 Å². The van der Waals surface area contributed by atoms with Crippen molar-refractivity contribution in [3.8, 4) is 11.3 Å². The van der Waals surface area contributed by atoms with Crippen molar-refractivity contribution in [3.63, 3.8) is 0 Å². The van der Waals surface area contributed by atoms with Crippen LogP contribution < -0.4 is 10.8 Å². The summed E-state index contributed by atoms with van der Waals surface area (Å²) in [4.78, 5) is 35.0. The van der Waals surface area contributed by atoms with Crippen LogP contribution in [0, 0.1) is 11.8 Å². The van der Waals surface area contributed by atoms with Gasteiger partial charge in [0.2, 0.25) is 5.91 Å². The Morgan fingerprint density at radius 2 is 1.78 bits per heavy atom. The molecule has 3 aliphatic rings. The lowest BCUT2D eigenvalue weighted by Crippen LogP contribution is -2.53. The number of piperidine rings is 1. The Morgan fingerprint density at radius 1 is 1.14 bits per heavy atom. The number of fused-ring (bicyclic) bond motifs is 2. The number of hydrogen-bond donors (Lipinski definition) is 3. The zero-order valence-electron chi connectivity index (χ0n) is 22.4. The summed E-state index contributed by atoms with van der Waals surface area (Å²) in [5, 5.41) is 11.7. The summed E-state index contributed by atoms with van der Waals surface area (Å²) >= 11 is 0. The first kappa shape index (κ1) is 25.8. The molecule has 37 heavy (non-hydrogen) atoms. The fraction of sp³-hybridized carbons (Fsp3) is 0.593. The lowest BCUT2D eigenvalue weighted by molar-refractivity contribution is -0.139. The topological polar surface area (TPSA) is 117 Å². The van der Waals surface area contributed by atoms with Gasteiger partial charge in [0, 0.05) is 6.04 Å². The number of hydrogen-bond acceptors (Lipinski definition) is 5. The number of rotatable bonds is 6. The van der Waals surface area contributed by atoms with Crippen LogP contribution in [0.4, 0.5) is 4.79 Å². The van der Waals surface area contributed by atoms with Gasteiger partial charge in [-0.3, -0.25) is 4.79 Å². The highest BCUT2D eigenvalue weighted by molar-refractivity contribution is 6.62. The van der Waals surface area contributed by atoms with E-state index in [9.17, 15) is 14.7 Å². The average Bonchev–Trinajstić information content (AvgIpc) is 3.60. The number of H-pyrrole nitrogens is 1. The van der Waals surface area contributed by atoms with Gasteiger partial charge >= 0.3 is 13.2 Å². The summed E-state index contributed by atoms with van der Waals surface area (Å²) in [6.45, 7) is 11.9. The zero-order valence-corrected chi connectivity index (χ0v) is 22.4. The molecule has 0 radical (unpaired) electrons. The van der Waals surface area contributed by atoms with Gasteiger partial charge in [-0.25, -0.2) is 9.78 Å². The number of aromatic nitrogens is 2. The first-order valence-corrected chi connectivity index (χ1v) is 13.2. The molecule has 1 aromatic carbocycles. The Balaban J connectivity index is 1.36. The predicted octanol–water partition coefficient (Wildman–Crippen LogP) is 3.72. The van der Waals surface area contributed by atoms with E-state index >= 15 is 0 Å². The van der Waals surface area contributed by atoms with E-state index in [0.717, 1.165) is 41.8 Å². The van der Waals surface area contributed by atoms with E-state index in [0.29, 0.717) is 5.92 Å². The molecular formula is C27H37BN4O5. The van der Waals surface area contributed by atoms with Crippen molar-refractivity contribution in [1.29, 1.82) is 0 Å². The Bertz CT molecular complexity index is 1160. The van der Waals surface area contributed by atoms with Crippen LogP contribution in [0.1, 0.15) is 72.7 Å². The first-order valence-electron chi connectivity index (χ1n) is 13.2. The van der Waals surface area contributed by atoms with Crippen LogP contribution in [-0.4, -0.2) is 62.4 Å². The summed E-state index contributed by atoms with van der Waals surface area (Å²) in [5.74, 6) is 0.747. The molecule has 2 saturated heterocycles. The third-order valence-electron chi connectivity index (χ3n) is 8.67. The molecule has 10 heteroatoms. The van der Waals surface area contributed by atoms with Crippen molar-refractivity contribution in [3.05, 3.63) is 36.3 Å². The minimum atomic E-state index is -1.18. The molecule has 2 aliphatic heterocycles. The van der Waals surface area contributed by atoms with Crippen LogP contribution in [0.15, 0.2) is 30.5 Å². The molecule has 5 rings (SSSR count). The van der Waals surface area contributed by atoms with Gasteiger partial charge in [-0.05, 0) is 69.8 Å². The van der Waals surface area contributed by atoms with Crippen LogP contribution in [-0.2, 0) is 14.1 Å². The Morgan fingerprint density at radius 3 is 2.38 bits per heavy atom. The molecule has 198 valence electrons. The quantitative estimate of drug-likeness (QED) is 0.513. The molecule has 3 heterocycles. The maximum atomic E-state index is 13.6. The molecule has 3 fully saturated rings. The van der Waals surface area contributed by atoms with Crippen LogP contribution in [0.25, 0.3) is 11.3 Å². The van der Waals surface area contributed by atoms with E-state index in [2.05, 4.69) is 10.3 Å². The molecule has 2 bridgehead atoms. The summed E-state index contributed by atoms with van der Waals surface area (Å²) < 4.78 is 12.3. The summed E-state index contributed by atoms with van der Waals surface area (Å²) in [7, 11) is -0.418. The smallest absolute Gasteiger partial charge is 0.465 e. The molecule has 4 unspecified atom stereocenters. The van der Waals surface area contributed by atoms with Crippen LogP contribution in [0.5, 0.6) is 0 Å². The number of nitrogens with zero attached hydrogens (tertiary/aromatic N) is 2. The number of benzene rings is 1. The summed E-state index contributed by atoms with van der Waals surface area (Å²) in [6.07, 6.45) is 3.53. The minimum Gasteiger partial charge on any atom is -0.465 e. The number of imidazole rings is 1. The molecule has 1 aliphatic carbocycles. The number of carboxylic acid groups (broad SMARTS) is 1. The van der Waals surface area contributed by atoms with Crippen LogP contribution >= 0.6 is 0 Å². The molecule has 3 N–H and O–H groups in total.